The molecule has 0 bridgehead atoms. The summed E-state index contributed by atoms with van der Waals surface area (Å²) in [6, 6.07) is 67.0. The Balaban J connectivity index is 1.10. The van der Waals surface area contributed by atoms with Crippen molar-refractivity contribution in [3.05, 3.63) is 222 Å². The summed E-state index contributed by atoms with van der Waals surface area (Å²) in [5.41, 5.74) is 13.7. The highest BCUT2D eigenvalue weighted by molar-refractivity contribution is 6.09. The molecule has 0 saturated carbocycles. The van der Waals surface area contributed by atoms with Gasteiger partial charge in [0.2, 0.25) is 0 Å². The first-order valence-electron chi connectivity index (χ1n) is 17.6. The van der Waals surface area contributed by atoms with E-state index in [1.54, 1.807) is 0 Å². The van der Waals surface area contributed by atoms with E-state index < -0.39 is 5.41 Å². The summed E-state index contributed by atoms with van der Waals surface area (Å²) >= 11 is 0. The average molecular weight is 670 g/mol. The minimum Gasteiger partial charge on any atom is -0.455 e. The van der Waals surface area contributed by atoms with E-state index >= 15 is 0 Å². The highest BCUT2D eigenvalue weighted by Crippen LogP contribution is 2.56. The molecule has 3 heteroatoms. The fraction of sp³-hybridized carbons (Fsp3) is 0.0204. The predicted octanol–water partition coefficient (Wildman–Crippen LogP) is 13.2. The molecular weight excluding hydrogens is 638 g/mol. The van der Waals surface area contributed by atoms with Gasteiger partial charge in [0.25, 0.3) is 0 Å². The van der Waals surface area contributed by atoms with E-state index in [9.17, 15) is 4.39 Å². The number of hydrogen-bond acceptors (Lipinski definition) is 2. The molecule has 10 rings (SSSR count). The molecule has 1 aliphatic carbocycles. The number of hydrogen-bond donors (Lipinski definition) is 0. The van der Waals surface area contributed by atoms with E-state index in [0.29, 0.717) is 0 Å². The van der Waals surface area contributed by atoms with Gasteiger partial charge in [-0.05, 0) is 93.5 Å². The Morgan fingerprint density at radius 2 is 0.904 bits per heavy atom. The van der Waals surface area contributed by atoms with Crippen molar-refractivity contribution in [2.75, 3.05) is 4.90 Å². The molecule has 1 heterocycles. The lowest BCUT2D eigenvalue weighted by Gasteiger charge is -2.34. The van der Waals surface area contributed by atoms with Gasteiger partial charge in [0, 0.05) is 33.4 Å². The molecule has 9 aromatic rings. The lowest BCUT2D eigenvalue weighted by molar-refractivity contribution is 0.628. The maximum atomic E-state index is 14.2. The Hall–Kier alpha value is -6.71. The summed E-state index contributed by atoms with van der Waals surface area (Å²) in [6.45, 7) is 0. The highest BCUT2D eigenvalue weighted by Gasteiger charge is 2.45. The molecule has 0 aliphatic heterocycles. The first kappa shape index (κ1) is 30.1. The zero-order valence-corrected chi connectivity index (χ0v) is 28.2. The average Bonchev–Trinajstić information content (AvgIpc) is 3.74. The van der Waals surface area contributed by atoms with Crippen molar-refractivity contribution in [3.8, 4) is 22.3 Å². The summed E-state index contributed by atoms with van der Waals surface area (Å²) in [5, 5.41) is 2.21. The fourth-order valence-electron chi connectivity index (χ4n) is 8.37. The van der Waals surface area contributed by atoms with Gasteiger partial charge in [-0.1, -0.05) is 140 Å². The van der Waals surface area contributed by atoms with Crippen molar-refractivity contribution < 1.29 is 8.81 Å². The Morgan fingerprint density at radius 3 is 1.58 bits per heavy atom. The van der Waals surface area contributed by atoms with Crippen molar-refractivity contribution in [2.45, 2.75) is 5.41 Å². The molecule has 2 nitrogen and oxygen atoms in total. The van der Waals surface area contributed by atoms with Crippen LogP contribution in [-0.4, -0.2) is 0 Å². The van der Waals surface area contributed by atoms with Gasteiger partial charge in [0.15, 0.2) is 0 Å². The van der Waals surface area contributed by atoms with E-state index in [0.717, 1.165) is 50.1 Å². The second-order valence-electron chi connectivity index (χ2n) is 13.4. The molecule has 0 spiro atoms. The second kappa shape index (κ2) is 12.0. The number of furan rings is 1. The minimum atomic E-state index is -0.479. The van der Waals surface area contributed by atoms with Crippen LogP contribution in [0.5, 0.6) is 0 Å². The Bertz CT molecular complexity index is 2680. The molecule has 0 saturated heterocycles. The van der Waals surface area contributed by atoms with Crippen molar-refractivity contribution in [1.82, 2.24) is 0 Å². The van der Waals surface area contributed by atoms with Crippen LogP contribution in [0.1, 0.15) is 22.3 Å². The van der Waals surface area contributed by atoms with Crippen molar-refractivity contribution >= 4 is 39.0 Å². The van der Waals surface area contributed by atoms with Gasteiger partial charge in [-0.3, -0.25) is 0 Å². The number of halogens is 1. The quantitative estimate of drug-likeness (QED) is 0.175. The Kier molecular flexibility index (Phi) is 6.94. The molecule has 246 valence electrons. The minimum absolute atomic E-state index is 0.267. The number of nitrogens with zero attached hydrogens (tertiary/aromatic N) is 1. The first-order valence-corrected chi connectivity index (χ1v) is 17.6. The van der Waals surface area contributed by atoms with Crippen molar-refractivity contribution in [3.63, 3.8) is 0 Å². The van der Waals surface area contributed by atoms with Gasteiger partial charge in [-0.15, -0.1) is 0 Å². The summed E-state index contributed by atoms with van der Waals surface area (Å²) in [6.07, 6.45) is 0. The fourth-order valence-corrected chi connectivity index (χ4v) is 8.37. The molecular formula is C49H32FNO. The van der Waals surface area contributed by atoms with E-state index in [2.05, 4.69) is 157 Å². The van der Waals surface area contributed by atoms with E-state index in [1.807, 2.05) is 30.3 Å². The number of benzene rings is 8. The predicted molar refractivity (Wildman–Crippen MR) is 211 cm³/mol. The summed E-state index contributed by atoms with van der Waals surface area (Å²) < 4.78 is 20.6. The molecule has 0 atom stereocenters. The highest BCUT2D eigenvalue weighted by atomic mass is 19.1. The largest absolute Gasteiger partial charge is 0.455 e. The maximum Gasteiger partial charge on any atom is 0.143 e. The first-order chi connectivity index (χ1) is 25.7. The Labute approximate surface area is 301 Å². The molecule has 0 amide bonds. The molecule has 8 aromatic carbocycles. The molecule has 52 heavy (non-hydrogen) atoms. The summed E-state index contributed by atoms with van der Waals surface area (Å²) in [4.78, 5) is 2.18. The standard InChI is InChI=1S/C49H32FNO/c50-36-25-31-39(32-26-36)51(37-27-21-33(22-28-37)40-16-10-17-44-43-15-6-9-20-47(43)52-48(40)44)38-29-23-35(24-30-38)49(34-11-2-1-3-12-34)45-18-7-4-13-41(45)42-14-5-8-19-46(42)49/h1-32H. The molecule has 0 N–H and O–H groups in total. The van der Waals surface area contributed by atoms with Crippen LogP contribution in [0.4, 0.5) is 21.5 Å². The molecule has 0 fully saturated rings. The molecule has 0 unspecified atom stereocenters. The monoisotopic (exact) mass is 669 g/mol. The lowest BCUT2D eigenvalue weighted by Crippen LogP contribution is -2.28. The van der Waals surface area contributed by atoms with Gasteiger partial charge in [-0.2, -0.15) is 0 Å². The van der Waals surface area contributed by atoms with Gasteiger partial charge in [0.1, 0.15) is 17.0 Å². The smallest absolute Gasteiger partial charge is 0.143 e. The number of rotatable bonds is 6. The zero-order valence-electron chi connectivity index (χ0n) is 28.2. The third kappa shape index (κ3) is 4.56. The van der Waals surface area contributed by atoms with Crippen LogP contribution in [0.25, 0.3) is 44.2 Å². The normalized spacial score (nSPS) is 12.9. The van der Waals surface area contributed by atoms with E-state index in [-0.39, 0.29) is 5.82 Å². The SMILES string of the molecule is Fc1ccc(N(c2ccc(-c3cccc4c3oc3ccccc34)cc2)c2ccc(C3(c4ccccc4)c4ccccc4-c4ccccc43)cc2)cc1. The van der Waals surface area contributed by atoms with Crippen LogP contribution in [0.3, 0.4) is 0 Å². The van der Waals surface area contributed by atoms with Crippen molar-refractivity contribution in [2.24, 2.45) is 0 Å². The van der Waals surface area contributed by atoms with Crippen LogP contribution in [0.15, 0.2) is 199 Å². The van der Waals surface area contributed by atoms with Gasteiger partial charge in [0.05, 0.1) is 5.41 Å². The molecule has 1 aliphatic rings. The third-order valence-corrected chi connectivity index (χ3v) is 10.6. The van der Waals surface area contributed by atoms with E-state index in [4.69, 9.17) is 4.42 Å². The number of para-hydroxylation sites is 2. The summed E-state index contributed by atoms with van der Waals surface area (Å²) in [7, 11) is 0. The number of anilines is 3. The van der Waals surface area contributed by atoms with Crippen LogP contribution in [0, 0.1) is 5.82 Å². The number of fused-ring (bicyclic) bond motifs is 6. The van der Waals surface area contributed by atoms with E-state index in [1.165, 1.54) is 45.5 Å². The Morgan fingerprint density at radius 1 is 0.404 bits per heavy atom. The topological polar surface area (TPSA) is 16.4 Å². The van der Waals surface area contributed by atoms with Gasteiger partial charge < -0.3 is 9.32 Å². The molecule has 0 radical (unpaired) electrons. The third-order valence-electron chi connectivity index (χ3n) is 10.6. The van der Waals surface area contributed by atoms with Crippen molar-refractivity contribution in [1.29, 1.82) is 0 Å². The maximum absolute atomic E-state index is 14.2. The van der Waals surface area contributed by atoms with Gasteiger partial charge in [-0.25, -0.2) is 4.39 Å². The van der Waals surface area contributed by atoms with Crippen LogP contribution in [-0.2, 0) is 5.41 Å². The van der Waals surface area contributed by atoms with Crippen LogP contribution in [0.2, 0.25) is 0 Å². The van der Waals surface area contributed by atoms with Gasteiger partial charge >= 0.3 is 0 Å². The second-order valence-corrected chi connectivity index (χ2v) is 13.4. The zero-order chi connectivity index (χ0) is 34.6. The lowest BCUT2D eigenvalue weighted by atomic mass is 9.68. The summed E-state index contributed by atoms with van der Waals surface area (Å²) in [5.74, 6) is -0.267. The molecule has 1 aromatic heterocycles. The van der Waals surface area contributed by atoms with Crippen LogP contribution < -0.4 is 4.90 Å². The van der Waals surface area contributed by atoms with Crippen LogP contribution >= 0.6 is 0 Å².